The first-order chi connectivity index (χ1) is 6.81. The maximum atomic E-state index is 5.50. The molecule has 0 aliphatic heterocycles. The molecule has 0 saturated heterocycles. The Balaban J connectivity index is 2.44. The van der Waals surface area contributed by atoms with Crippen molar-refractivity contribution in [3.05, 3.63) is 47.8 Å². The van der Waals surface area contributed by atoms with Crippen LogP contribution in [0.1, 0.15) is 11.3 Å². The molecule has 0 spiro atoms. The summed E-state index contributed by atoms with van der Waals surface area (Å²) in [4.78, 5) is 0. The Hall–Kier alpha value is -1.61. The topological polar surface area (TPSA) is 43.8 Å². The van der Waals surface area contributed by atoms with E-state index >= 15 is 0 Å². The first-order valence-electron chi connectivity index (χ1n) is 4.62. The molecule has 2 rings (SSSR count). The van der Waals surface area contributed by atoms with Crippen LogP contribution in [0.25, 0.3) is 5.69 Å². The van der Waals surface area contributed by atoms with Gasteiger partial charge in [0, 0.05) is 12.7 Å². The van der Waals surface area contributed by atoms with E-state index in [-0.39, 0.29) is 0 Å². The van der Waals surface area contributed by atoms with Crippen molar-refractivity contribution in [1.29, 1.82) is 0 Å². The van der Waals surface area contributed by atoms with E-state index in [9.17, 15) is 0 Å². The zero-order valence-electron chi connectivity index (χ0n) is 8.14. The molecule has 0 aliphatic carbocycles. The van der Waals surface area contributed by atoms with E-state index in [2.05, 4.69) is 18.1 Å². The Bertz CT molecular complexity index is 432. The predicted octanol–water partition coefficient (Wildman–Crippen LogP) is 1.64. The van der Waals surface area contributed by atoms with Crippen LogP contribution in [-0.4, -0.2) is 9.78 Å². The van der Waals surface area contributed by atoms with Crippen molar-refractivity contribution in [3.63, 3.8) is 0 Å². The van der Waals surface area contributed by atoms with E-state index in [1.165, 1.54) is 5.56 Å². The molecule has 0 atom stereocenters. The van der Waals surface area contributed by atoms with E-state index < -0.39 is 0 Å². The summed E-state index contributed by atoms with van der Waals surface area (Å²) in [7, 11) is 0. The highest BCUT2D eigenvalue weighted by molar-refractivity contribution is 5.39. The number of hydrogen-bond donors (Lipinski definition) is 1. The number of para-hydroxylation sites is 1. The minimum atomic E-state index is 0.485. The number of nitrogens with zero attached hydrogens (tertiary/aromatic N) is 2. The molecule has 0 unspecified atom stereocenters. The van der Waals surface area contributed by atoms with E-state index in [0.29, 0.717) is 6.54 Å². The molecule has 2 aromatic rings. The maximum Gasteiger partial charge on any atom is 0.0764 e. The third-order valence-corrected chi connectivity index (χ3v) is 2.22. The lowest BCUT2D eigenvalue weighted by atomic mass is 10.2. The Labute approximate surface area is 83.2 Å². The highest BCUT2D eigenvalue weighted by Gasteiger charge is 2.01. The number of benzene rings is 1. The fourth-order valence-electron chi connectivity index (χ4n) is 1.43. The van der Waals surface area contributed by atoms with Crippen LogP contribution in [0.5, 0.6) is 0 Å². The molecule has 1 aromatic carbocycles. The average Bonchev–Trinajstić information content (AvgIpc) is 2.67. The zero-order chi connectivity index (χ0) is 9.97. The van der Waals surface area contributed by atoms with Crippen LogP contribution < -0.4 is 5.73 Å². The third-order valence-electron chi connectivity index (χ3n) is 2.22. The van der Waals surface area contributed by atoms with Crippen molar-refractivity contribution in [3.8, 4) is 5.69 Å². The van der Waals surface area contributed by atoms with Gasteiger partial charge >= 0.3 is 0 Å². The Morgan fingerprint density at radius 1 is 1.29 bits per heavy atom. The Kier molecular flexibility index (Phi) is 2.33. The van der Waals surface area contributed by atoms with Crippen LogP contribution in [0.4, 0.5) is 0 Å². The quantitative estimate of drug-likeness (QED) is 0.776. The molecule has 0 saturated carbocycles. The van der Waals surface area contributed by atoms with Crippen LogP contribution in [0.3, 0.4) is 0 Å². The molecule has 3 nitrogen and oxygen atoms in total. The first kappa shape index (κ1) is 8.97. The summed E-state index contributed by atoms with van der Waals surface area (Å²) in [6.07, 6.45) is 1.94. The first-order valence-corrected chi connectivity index (χ1v) is 4.62. The van der Waals surface area contributed by atoms with Gasteiger partial charge in [-0.25, -0.2) is 4.68 Å². The minimum Gasteiger partial charge on any atom is -0.325 e. The summed E-state index contributed by atoms with van der Waals surface area (Å²) in [5, 5.41) is 4.35. The number of rotatable bonds is 2. The second-order valence-corrected chi connectivity index (χ2v) is 3.24. The largest absolute Gasteiger partial charge is 0.325 e. The van der Waals surface area contributed by atoms with Crippen LogP contribution in [0.15, 0.2) is 36.5 Å². The fraction of sp³-hybridized carbons (Fsp3) is 0.182. The molecule has 3 heteroatoms. The van der Waals surface area contributed by atoms with Gasteiger partial charge in [0.15, 0.2) is 0 Å². The normalized spacial score (nSPS) is 10.4. The second-order valence-electron chi connectivity index (χ2n) is 3.24. The Morgan fingerprint density at radius 3 is 2.71 bits per heavy atom. The van der Waals surface area contributed by atoms with Gasteiger partial charge in [-0.1, -0.05) is 18.2 Å². The van der Waals surface area contributed by atoms with E-state index in [1.54, 1.807) is 0 Å². The number of hydrogen-bond acceptors (Lipinski definition) is 2. The van der Waals surface area contributed by atoms with Crippen molar-refractivity contribution in [1.82, 2.24) is 9.78 Å². The predicted molar refractivity (Wildman–Crippen MR) is 56.2 cm³/mol. The standard InChI is InChI=1S/C11H13N3/c1-9-4-2-3-5-11(9)14-7-6-10(8-12)13-14/h2-7H,8,12H2,1H3. The van der Waals surface area contributed by atoms with Gasteiger partial charge in [0.25, 0.3) is 0 Å². The van der Waals surface area contributed by atoms with Crippen molar-refractivity contribution in [2.75, 3.05) is 0 Å². The smallest absolute Gasteiger partial charge is 0.0764 e. The van der Waals surface area contributed by atoms with E-state index in [1.807, 2.05) is 35.1 Å². The maximum absolute atomic E-state index is 5.50. The molecule has 1 aromatic heterocycles. The van der Waals surface area contributed by atoms with Gasteiger partial charge in [-0.3, -0.25) is 0 Å². The van der Waals surface area contributed by atoms with Crippen molar-refractivity contribution in [2.45, 2.75) is 13.5 Å². The number of aryl methyl sites for hydroxylation is 1. The van der Waals surface area contributed by atoms with E-state index in [4.69, 9.17) is 5.73 Å². The molecule has 0 radical (unpaired) electrons. The van der Waals surface area contributed by atoms with Gasteiger partial charge in [0.1, 0.15) is 0 Å². The molecule has 0 amide bonds. The van der Waals surface area contributed by atoms with Gasteiger partial charge in [-0.05, 0) is 24.6 Å². The molecule has 0 bridgehead atoms. The van der Waals surface area contributed by atoms with Crippen molar-refractivity contribution >= 4 is 0 Å². The van der Waals surface area contributed by atoms with Gasteiger partial charge in [-0.15, -0.1) is 0 Å². The monoisotopic (exact) mass is 187 g/mol. The van der Waals surface area contributed by atoms with Crippen molar-refractivity contribution in [2.24, 2.45) is 5.73 Å². The van der Waals surface area contributed by atoms with Gasteiger partial charge in [0.05, 0.1) is 11.4 Å². The lowest BCUT2D eigenvalue weighted by Gasteiger charge is -2.04. The molecule has 0 fully saturated rings. The molecule has 1 heterocycles. The third kappa shape index (κ3) is 1.54. The lowest BCUT2D eigenvalue weighted by Crippen LogP contribution is -2.01. The van der Waals surface area contributed by atoms with Crippen LogP contribution in [0.2, 0.25) is 0 Å². The molecule has 72 valence electrons. The zero-order valence-corrected chi connectivity index (χ0v) is 8.14. The second kappa shape index (κ2) is 3.64. The SMILES string of the molecule is Cc1ccccc1-n1ccc(CN)n1. The molecular formula is C11H13N3. The summed E-state index contributed by atoms with van der Waals surface area (Å²) >= 11 is 0. The van der Waals surface area contributed by atoms with Crippen LogP contribution in [-0.2, 0) is 6.54 Å². The summed E-state index contributed by atoms with van der Waals surface area (Å²) in [5.41, 5.74) is 8.73. The molecule has 14 heavy (non-hydrogen) atoms. The highest BCUT2D eigenvalue weighted by Crippen LogP contribution is 2.12. The van der Waals surface area contributed by atoms with Gasteiger partial charge in [-0.2, -0.15) is 5.10 Å². The number of aromatic nitrogens is 2. The summed E-state index contributed by atoms with van der Waals surface area (Å²) in [5.74, 6) is 0. The molecule has 0 aliphatic rings. The Morgan fingerprint density at radius 2 is 2.07 bits per heavy atom. The number of nitrogens with two attached hydrogens (primary N) is 1. The minimum absolute atomic E-state index is 0.485. The average molecular weight is 187 g/mol. The van der Waals surface area contributed by atoms with E-state index in [0.717, 1.165) is 11.4 Å². The summed E-state index contributed by atoms with van der Waals surface area (Å²) < 4.78 is 1.86. The van der Waals surface area contributed by atoms with Crippen LogP contribution in [0, 0.1) is 6.92 Å². The summed E-state index contributed by atoms with van der Waals surface area (Å²) in [6, 6.07) is 10.1. The van der Waals surface area contributed by atoms with Crippen molar-refractivity contribution < 1.29 is 0 Å². The van der Waals surface area contributed by atoms with Gasteiger partial charge in [0.2, 0.25) is 0 Å². The fourth-order valence-corrected chi connectivity index (χ4v) is 1.43. The lowest BCUT2D eigenvalue weighted by molar-refractivity contribution is 0.828. The summed E-state index contributed by atoms with van der Waals surface area (Å²) in [6.45, 7) is 2.55. The molecule has 2 N–H and O–H groups in total. The van der Waals surface area contributed by atoms with Crippen LogP contribution >= 0.6 is 0 Å². The highest BCUT2D eigenvalue weighted by atomic mass is 15.3. The van der Waals surface area contributed by atoms with Gasteiger partial charge < -0.3 is 5.73 Å². The molecular weight excluding hydrogens is 174 g/mol.